The average molecular weight is 250 g/mol. The van der Waals surface area contributed by atoms with Crippen molar-refractivity contribution in [2.75, 3.05) is 6.54 Å². The lowest BCUT2D eigenvalue weighted by Crippen LogP contribution is -2.59. The Morgan fingerprint density at radius 2 is 1.89 bits per heavy atom. The number of nitrogens with one attached hydrogen (secondary N) is 1. The molecule has 18 heavy (non-hydrogen) atoms. The topological polar surface area (TPSA) is 41.6 Å². The molecule has 1 spiro atoms. The zero-order chi connectivity index (χ0) is 12.2. The molecule has 3 saturated heterocycles. The first-order chi connectivity index (χ1) is 8.74. The molecule has 4 rings (SSSR count). The molecule has 4 fully saturated rings. The minimum atomic E-state index is -0.131. The number of amides is 1. The number of hydrogen-bond acceptors (Lipinski definition) is 3. The lowest BCUT2D eigenvalue weighted by atomic mass is 9.82. The number of carbonyl (C=O) groups is 1. The lowest BCUT2D eigenvalue weighted by molar-refractivity contribution is -0.0865. The monoisotopic (exact) mass is 250 g/mol. The van der Waals surface area contributed by atoms with E-state index in [1.54, 1.807) is 0 Å². The number of nitrogens with zero attached hydrogens (tertiary/aromatic N) is 1. The molecule has 3 atom stereocenters. The van der Waals surface area contributed by atoms with E-state index in [0.29, 0.717) is 18.1 Å². The van der Waals surface area contributed by atoms with Crippen LogP contribution in [-0.2, 0) is 4.74 Å². The van der Waals surface area contributed by atoms with Crippen LogP contribution in [0.2, 0.25) is 0 Å². The number of piperidine rings is 1. The summed E-state index contributed by atoms with van der Waals surface area (Å²) in [5, 5.41) is 3.63. The average Bonchev–Trinajstić information content (AvgIpc) is 2.61. The van der Waals surface area contributed by atoms with Crippen LogP contribution in [0.15, 0.2) is 0 Å². The van der Waals surface area contributed by atoms with Gasteiger partial charge < -0.3 is 15.0 Å². The van der Waals surface area contributed by atoms with Gasteiger partial charge in [0.25, 0.3) is 0 Å². The zero-order valence-corrected chi connectivity index (χ0v) is 10.9. The van der Waals surface area contributed by atoms with Crippen molar-refractivity contribution in [3.05, 3.63) is 0 Å². The third-order valence-electron chi connectivity index (χ3n) is 5.43. The van der Waals surface area contributed by atoms with Crippen LogP contribution in [0.25, 0.3) is 0 Å². The van der Waals surface area contributed by atoms with Gasteiger partial charge in [-0.25, -0.2) is 4.79 Å². The number of fused-ring (bicyclic) bond motifs is 2. The Morgan fingerprint density at radius 3 is 2.44 bits per heavy atom. The maximum absolute atomic E-state index is 12.2. The predicted octanol–water partition coefficient (Wildman–Crippen LogP) is 2.03. The normalized spacial score (nSPS) is 44.0. The third-order valence-corrected chi connectivity index (χ3v) is 5.43. The van der Waals surface area contributed by atoms with Gasteiger partial charge in [-0.05, 0) is 32.1 Å². The molecule has 3 heterocycles. The third kappa shape index (κ3) is 1.65. The molecule has 1 aliphatic carbocycles. The summed E-state index contributed by atoms with van der Waals surface area (Å²) in [6.45, 7) is 0.920. The molecule has 4 aliphatic rings. The molecule has 0 aromatic rings. The fourth-order valence-corrected chi connectivity index (χ4v) is 4.23. The molecule has 1 saturated carbocycles. The second kappa shape index (κ2) is 3.86. The fourth-order valence-electron chi connectivity index (χ4n) is 4.23. The zero-order valence-electron chi connectivity index (χ0n) is 10.9. The van der Waals surface area contributed by atoms with Gasteiger partial charge >= 0.3 is 6.09 Å². The SMILES string of the molecule is O=C1OC2(CCN1C1CCC1)C[C@H]1CC[C@@H](C2)N1. The fraction of sp³-hybridized carbons (Fsp3) is 0.929. The summed E-state index contributed by atoms with van der Waals surface area (Å²) in [5.74, 6) is 0. The van der Waals surface area contributed by atoms with E-state index in [-0.39, 0.29) is 11.7 Å². The van der Waals surface area contributed by atoms with Crippen LogP contribution in [-0.4, -0.2) is 41.3 Å². The van der Waals surface area contributed by atoms with E-state index in [1.165, 1.54) is 32.1 Å². The van der Waals surface area contributed by atoms with Gasteiger partial charge in [0.05, 0.1) is 0 Å². The minimum absolute atomic E-state index is 0.0350. The highest BCUT2D eigenvalue weighted by Crippen LogP contribution is 2.42. The van der Waals surface area contributed by atoms with Gasteiger partial charge in [-0.3, -0.25) is 0 Å². The number of ether oxygens (including phenoxy) is 1. The predicted molar refractivity (Wildman–Crippen MR) is 67.4 cm³/mol. The van der Waals surface area contributed by atoms with Crippen LogP contribution in [0.5, 0.6) is 0 Å². The summed E-state index contributed by atoms with van der Waals surface area (Å²) in [5.41, 5.74) is -0.131. The molecule has 2 bridgehead atoms. The van der Waals surface area contributed by atoms with Crippen LogP contribution in [0.3, 0.4) is 0 Å². The lowest BCUT2D eigenvalue weighted by Gasteiger charge is -2.48. The van der Waals surface area contributed by atoms with E-state index in [4.69, 9.17) is 4.74 Å². The summed E-state index contributed by atoms with van der Waals surface area (Å²) in [6, 6.07) is 1.66. The van der Waals surface area contributed by atoms with E-state index >= 15 is 0 Å². The summed E-state index contributed by atoms with van der Waals surface area (Å²) in [7, 11) is 0. The maximum Gasteiger partial charge on any atom is 0.410 e. The van der Waals surface area contributed by atoms with Crippen molar-refractivity contribution >= 4 is 6.09 Å². The molecular weight excluding hydrogens is 228 g/mol. The van der Waals surface area contributed by atoms with Crippen molar-refractivity contribution in [1.29, 1.82) is 0 Å². The molecule has 0 aromatic carbocycles. The van der Waals surface area contributed by atoms with Crippen LogP contribution < -0.4 is 5.32 Å². The van der Waals surface area contributed by atoms with E-state index in [1.807, 2.05) is 4.90 Å². The Bertz CT molecular complexity index is 355. The highest BCUT2D eigenvalue weighted by atomic mass is 16.6. The first kappa shape index (κ1) is 11.1. The van der Waals surface area contributed by atoms with Crippen LogP contribution in [0.1, 0.15) is 51.4 Å². The maximum atomic E-state index is 12.2. The summed E-state index contributed by atoms with van der Waals surface area (Å²) < 4.78 is 5.91. The molecule has 4 nitrogen and oxygen atoms in total. The smallest absolute Gasteiger partial charge is 0.410 e. The standard InChI is InChI=1S/C14H22N2O2/c17-13-16(12-2-1-3-12)7-6-14(18-13)8-10-4-5-11(9-14)15-10/h10-12,15H,1-9H2/t10-,11+,14?. The molecule has 0 aromatic heterocycles. The van der Waals surface area contributed by atoms with Crippen LogP contribution in [0.4, 0.5) is 4.79 Å². The van der Waals surface area contributed by atoms with Crippen molar-refractivity contribution in [3.8, 4) is 0 Å². The van der Waals surface area contributed by atoms with Gasteiger partial charge in [0, 0.05) is 43.9 Å². The Morgan fingerprint density at radius 1 is 1.17 bits per heavy atom. The van der Waals surface area contributed by atoms with E-state index in [9.17, 15) is 4.79 Å². The van der Waals surface area contributed by atoms with Gasteiger partial charge in [-0.1, -0.05) is 0 Å². The molecule has 4 heteroatoms. The van der Waals surface area contributed by atoms with Crippen molar-refractivity contribution in [2.24, 2.45) is 0 Å². The first-order valence-corrected chi connectivity index (χ1v) is 7.50. The Labute approximate surface area is 108 Å². The second-order valence-electron chi connectivity index (χ2n) is 6.63. The van der Waals surface area contributed by atoms with Crippen molar-refractivity contribution in [3.63, 3.8) is 0 Å². The molecule has 1 amide bonds. The van der Waals surface area contributed by atoms with Gasteiger partial charge in [-0.15, -0.1) is 0 Å². The molecular formula is C14H22N2O2. The van der Waals surface area contributed by atoms with Gasteiger partial charge in [0.2, 0.25) is 0 Å². The highest BCUT2D eigenvalue weighted by molar-refractivity contribution is 5.69. The summed E-state index contributed by atoms with van der Waals surface area (Å²) in [4.78, 5) is 14.2. The van der Waals surface area contributed by atoms with E-state index < -0.39 is 0 Å². The number of carbonyl (C=O) groups excluding carboxylic acids is 1. The minimum Gasteiger partial charge on any atom is -0.443 e. The van der Waals surface area contributed by atoms with Gasteiger partial charge in [0.15, 0.2) is 0 Å². The van der Waals surface area contributed by atoms with E-state index in [2.05, 4.69) is 5.32 Å². The van der Waals surface area contributed by atoms with Crippen molar-refractivity contribution < 1.29 is 9.53 Å². The first-order valence-electron chi connectivity index (χ1n) is 7.50. The van der Waals surface area contributed by atoms with E-state index in [0.717, 1.165) is 25.8 Å². The summed E-state index contributed by atoms with van der Waals surface area (Å²) >= 11 is 0. The molecule has 3 aliphatic heterocycles. The number of hydrogen-bond donors (Lipinski definition) is 1. The molecule has 1 unspecified atom stereocenters. The van der Waals surface area contributed by atoms with Crippen LogP contribution >= 0.6 is 0 Å². The largest absolute Gasteiger partial charge is 0.443 e. The quantitative estimate of drug-likeness (QED) is 0.774. The van der Waals surface area contributed by atoms with Gasteiger partial charge in [-0.2, -0.15) is 0 Å². The Kier molecular flexibility index (Phi) is 2.38. The second-order valence-corrected chi connectivity index (χ2v) is 6.63. The number of rotatable bonds is 1. The Balaban J connectivity index is 1.47. The molecule has 1 N–H and O–H groups in total. The van der Waals surface area contributed by atoms with Crippen LogP contribution in [0, 0.1) is 0 Å². The highest BCUT2D eigenvalue weighted by Gasteiger charge is 2.50. The van der Waals surface area contributed by atoms with Gasteiger partial charge in [0.1, 0.15) is 5.60 Å². The van der Waals surface area contributed by atoms with Crippen molar-refractivity contribution in [1.82, 2.24) is 10.2 Å². The Hall–Kier alpha value is -0.770. The van der Waals surface area contributed by atoms with Crippen molar-refractivity contribution in [2.45, 2.75) is 75.1 Å². The molecule has 0 radical (unpaired) electrons. The summed E-state index contributed by atoms with van der Waals surface area (Å²) in [6.07, 6.45) is 9.22. The molecule has 100 valence electrons.